The highest BCUT2D eigenvalue weighted by Crippen LogP contribution is 2.32. The molecule has 120 valence electrons. The number of imidazole rings is 1. The van der Waals surface area contributed by atoms with Crippen LogP contribution in [0.4, 0.5) is 5.82 Å². The second-order valence-corrected chi connectivity index (χ2v) is 5.43. The van der Waals surface area contributed by atoms with Gasteiger partial charge in [0.25, 0.3) is 0 Å². The Kier molecular flexibility index (Phi) is 5.75. The summed E-state index contributed by atoms with van der Waals surface area (Å²) in [4.78, 5) is 22.8. The minimum absolute atomic E-state index is 0.174. The molecule has 9 nitrogen and oxygen atoms in total. The third-order valence-electron chi connectivity index (χ3n) is 3.43. The second-order valence-electron chi connectivity index (χ2n) is 4.72. The first kappa shape index (κ1) is 16.7. The summed E-state index contributed by atoms with van der Waals surface area (Å²) in [7, 11) is 1.00. The van der Waals surface area contributed by atoms with Crippen LogP contribution in [0.5, 0.6) is 0 Å². The first-order chi connectivity index (χ1) is 10.7. The number of aliphatic hydroxyl groups is 1. The van der Waals surface area contributed by atoms with Gasteiger partial charge >= 0.3 is 0 Å². The maximum Gasteiger partial charge on any atom is 0.181 e. The van der Waals surface area contributed by atoms with Crippen molar-refractivity contribution in [1.29, 1.82) is 0 Å². The smallest absolute Gasteiger partial charge is 0.181 e. The van der Waals surface area contributed by atoms with Crippen LogP contribution in [-0.4, -0.2) is 44.9 Å². The van der Waals surface area contributed by atoms with E-state index in [0.717, 1.165) is 20.0 Å². The molecule has 10 heteroatoms. The van der Waals surface area contributed by atoms with E-state index in [4.69, 9.17) is 15.6 Å². The van der Waals surface area contributed by atoms with Crippen molar-refractivity contribution >= 4 is 32.9 Å². The molecule has 1 fully saturated rings. The summed E-state index contributed by atoms with van der Waals surface area (Å²) in [6.07, 6.45) is 2.88. The molecular weight excluding hydrogens is 356 g/mol. The zero-order chi connectivity index (χ0) is 16.1. The zero-order valence-electron chi connectivity index (χ0n) is 12.0. The summed E-state index contributed by atoms with van der Waals surface area (Å²) >= 11 is 3.41. The molecule has 3 N–H and O–H groups in total. The second kappa shape index (κ2) is 7.56. The van der Waals surface area contributed by atoms with E-state index >= 15 is 0 Å². The maximum atomic E-state index is 10.3. The Morgan fingerprint density at radius 2 is 2.27 bits per heavy atom. The largest absolute Gasteiger partial charge is 0.400 e. The number of halogens is 1. The van der Waals surface area contributed by atoms with Crippen LogP contribution < -0.4 is 5.73 Å². The lowest BCUT2D eigenvalue weighted by Gasteiger charge is -2.28. The Hall–Kier alpha value is -1.65. The SMILES string of the molecule is CO.Nc1ncnc2c1nc(Br)n2C1CCC(CN=O)CO1. The number of fused-ring (bicyclic) bond motifs is 1. The highest BCUT2D eigenvalue weighted by Gasteiger charge is 2.27. The lowest BCUT2D eigenvalue weighted by atomic mass is 10.0. The number of nitroso groups, excluding NO2 is 1. The number of hydrogen-bond donors (Lipinski definition) is 2. The number of hydrogen-bond acceptors (Lipinski definition) is 8. The Labute approximate surface area is 135 Å². The molecule has 1 saturated heterocycles. The number of nitrogens with two attached hydrogens (primary N) is 1. The van der Waals surface area contributed by atoms with Gasteiger partial charge in [0.1, 0.15) is 12.6 Å². The van der Waals surface area contributed by atoms with Crippen molar-refractivity contribution in [2.45, 2.75) is 19.1 Å². The van der Waals surface area contributed by atoms with Gasteiger partial charge in [-0.1, -0.05) is 5.18 Å². The molecule has 0 aliphatic carbocycles. The van der Waals surface area contributed by atoms with E-state index in [9.17, 15) is 4.91 Å². The van der Waals surface area contributed by atoms with E-state index in [1.807, 2.05) is 4.57 Å². The number of aliphatic hydroxyl groups excluding tert-OH is 1. The molecule has 3 rings (SSSR count). The van der Waals surface area contributed by atoms with Gasteiger partial charge < -0.3 is 15.6 Å². The molecule has 0 aromatic carbocycles. The molecule has 0 amide bonds. The molecule has 2 atom stereocenters. The van der Waals surface area contributed by atoms with Gasteiger partial charge in [0.05, 0.1) is 13.2 Å². The molecule has 0 spiro atoms. The molecule has 22 heavy (non-hydrogen) atoms. The van der Waals surface area contributed by atoms with Crippen molar-refractivity contribution in [3.05, 3.63) is 16.0 Å². The van der Waals surface area contributed by atoms with E-state index < -0.39 is 0 Å². The van der Waals surface area contributed by atoms with E-state index in [2.05, 4.69) is 36.1 Å². The normalized spacial score (nSPS) is 21.2. The number of rotatable bonds is 3. The fourth-order valence-electron chi connectivity index (χ4n) is 2.40. The van der Waals surface area contributed by atoms with Gasteiger partial charge in [0.2, 0.25) is 0 Å². The molecule has 1 aliphatic heterocycles. The van der Waals surface area contributed by atoms with Gasteiger partial charge in [-0.15, -0.1) is 0 Å². The Morgan fingerprint density at radius 1 is 1.50 bits per heavy atom. The highest BCUT2D eigenvalue weighted by molar-refractivity contribution is 9.10. The quantitative estimate of drug-likeness (QED) is 0.616. The van der Waals surface area contributed by atoms with E-state index in [1.165, 1.54) is 6.33 Å². The fourth-order valence-corrected chi connectivity index (χ4v) is 2.97. The highest BCUT2D eigenvalue weighted by atomic mass is 79.9. The van der Waals surface area contributed by atoms with Gasteiger partial charge in [-0.25, -0.2) is 15.0 Å². The predicted molar refractivity (Wildman–Crippen MR) is 84.0 cm³/mol. The summed E-state index contributed by atoms with van der Waals surface area (Å²) in [6, 6.07) is 0. The van der Waals surface area contributed by atoms with Crippen molar-refractivity contribution < 1.29 is 9.84 Å². The Morgan fingerprint density at radius 3 is 2.91 bits per heavy atom. The summed E-state index contributed by atoms with van der Waals surface area (Å²) in [5.41, 5.74) is 6.99. The third kappa shape index (κ3) is 3.23. The molecule has 0 saturated carbocycles. The fraction of sp³-hybridized carbons (Fsp3) is 0.583. The predicted octanol–water partition coefficient (Wildman–Crippen LogP) is 1.47. The summed E-state index contributed by atoms with van der Waals surface area (Å²) in [5.74, 6) is 0.533. The average molecular weight is 373 g/mol. The van der Waals surface area contributed by atoms with E-state index in [1.54, 1.807) is 0 Å². The number of nitrogen functional groups attached to an aromatic ring is 1. The molecule has 3 heterocycles. The Bertz CT molecular complexity index is 641. The molecule has 2 aromatic heterocycles. The van der Waals surface area contributed by atoms with Crippen molar-refractivity contribution in [3.8, 4) is 0 Å². The lowest BCUT2D eigenvalue weighted by Crippen LogP contribution is -2.26. The van der Waals surface area contributed by atoms with Gasteiger partial charge in [0, 0.05) is 13.0 Å². The first-order valence-corrected chi connectivity index (χ1v) is 7.49. The number of nitrogens with zero attached hydrogens (tertiary/aromatic N) is 5. The van der Waals surface area contributed by atoms with Crippen molar-refractivity contribution in [2.24, 2.45) is 11.1 Å². The minimum Gasteiger partial charge on any atom is -0.400 e. The van der Waals surface area contributed by atoms with Crippen LogP contribution in [0.3, 0.4) is 0 Å². The van der Waals surface area contributed by atoms with Crippen molar-refractivity contribution in [2.75, 3.05) is 26.0 Å². The Balaban J connectivity index is 0.000000847. The lowest BCUT2D eigenvalue weighted by molar-refractivity contribution is -0.0557. The molecule has 0 radical (unpaired) electrons. The van der Waals surface area contributed by atoms with E-state index in [0.29, 0.717) is 34.9 Å². The number of aromatic nitrogens is 4. The monoisotopic (exact) mass is 372 g/mol. The molecule has 0 bridgehead atoms. The number of ether oxygens (including phenoxy) is 1. The van der Waals surface area contributed by atoms with Gasteiger partial charge in [-0.05, 0) is 28.8 Å². The molecule has 2 unspecified atom stereocenters. The average Bonchev–Trinajstić information content (AvgIpc) is 2.88. The van der Waals surface area contributed by atoms with Crippen molar-refractivity contribution in [1.82, 2.24) is 19.5 Å². The van der Waals surface area contributed by atoms with Crippen LogP contribution in [0.15, 0.2) is 16.2 Å². The van der Waals surface area contributed by atoms with Crippen LogP contribution >= 0.6 is 15.9 Å². The summed E-state index contributed by atoms with van der Waals surface area (Å²) < 4.78 is 8.28. The maximum absolute atomic E-state index is 10.3. The molecular formula is C12H17BrN6O3. The molecule has 1 aliphatic rings. The standard InChI is InChI=1S/C11H13BrN6O2.CH4O/c12-11-17-8-9(13)14-5-15-10(8)18(11)7-2-1-6(3-16-19)4-20-7;1-2/h5-7H,1-4H2,(H2,13,14,15);2H,1H3. The van der Waals surface area contributed by atoms with Crippen LogP contribution in [0.1, 0.15) is 19.1 Å². The van der Waals surface area contributed by atoms with Gasteiger partial charge in [-0.3, -0.25) is 4.57 Å². The van der Waals surface area contributed by atoms with E-state index in [-0.39, 0.29) is 12.1 Å². The third-order valence-corrected chi connectivity index (χ3v) is 3.99. The molecule has 2 aromatic rings. The van der Waals surface area contributed by atoms with Gasteiger partial charge in [0.15, 0.2) is 21.7 Å². The summed E-state index contributed by atoms with van der Waals surface area (Å²) in [6.45, 7) is 0.802. The topological polar surface area (TPSA) is 129 Å². The number of anilines is 1. The van der Waals surface area contributed by atoms with Crippen LogP contribution in [0.2, 0.25) is 0 Å². The van der Waals surface area contributed by atoms with Crippen LogP contribution in [0.25, 0.3) is 11.2 Å². The van der Waals surface area contributed by atoms with Crippen molar-refractivity contribution in [3.63, 3.8) is 0 Å². The first-order valence-electron chi connectivity index (χ1n) is 6.70. The summed E-state index contributed by atoms with van der Waals surface area (Å²) in [5, 5.41) is 9.93. The minimum atomic E-state index is -0.174. The van der Waals surface area contributed by atoms with Gasteiger partial charge in [-0.2, -0.15) is 4.91 Å². The zero-order valence-corrected chi connectivity index (χ0v) is 13.6. The van der Waals surface area contributed by atoms with Crippen LogP contribution in [-0.2, 0) is 4.74 Å². The van der Waals surface area contributed by atoms with Crippen LogP contribution in [0, 0.1) is 10.8 Å².